The van der Waals surface area contributed by atoms with E-state index >= 15 is 0 Å². The van der Waals surface area contributed by atoms with E-state index in [0.717, 1.165) is 25.7 Å². The lowest BCUT2D eigenvalue weighted by Crippen LogP contribution is -2.13. The molecule has 1 aromatic heterocycles. The molecule has 154 valence electrons. The second kappa shape index (κ2) is 8.77. The molecule has 1 saturated carbocycles. The van der Waals surface area contributed by atoms with Gasteiger partial charge in [0, 0.05) is 18.2 Å². The van der Waals surface area contributed by atoms with Crippen LogP contribution in [0.15, 0.2) is 97.2 Å². The van der Waals surface area contributed by atoms with Crippen LogP contribution < -0.4 is 0 Å². The van der Waals surface area contributed by atoms with E-state index in [1.807, 2.05) is 0 Å². The number of hydrogen-bond acceptors (Lipinski definition) is 1. The molecular weight excluding hydrogens is 378 g/mol. The molecule has 1 aliphatic carbocycles. The summed E-state index contributed by atoms with van der Waals surface area (Å²) in [4.78, 5) is 12.8. The Morgan fingerprint density at radius 3 is 1.97 bits per heavy atom. The van der Waals surface area contributed by atoms with Crippen molar-refractivity contribution in [3.63, 3.8) is 0 Å². The van der Waals surface area contributed by atoms with Gasteiger partial charge in [-0.1, -0.05) is 91.0 Å². The number of aromatic nitrogens is 1. The van der Waals surface area contributed by atoms with Gasteiger partial charge in [0.2, 0.25) is 0 Å². The van der Waals surface area contributed by atoms with E-state index in [0.29, 0.717) is 12.2 Å². The molecule has 0 N–H and O–H groups in total. The molecule has 1 heterocycles. The Hall–Kier alpha value is -3.39. The van der Waals surface area contributed by atoms with E-state index in [2.05, 4.69) is 102 Å². The van der Waals surface area contributed by atoms with Crippen molar-refractivity contribution in [2.75, 3.05) is 0 Å². The second-order valence-corrected chi connectivity index (χ2v) is 8.38. The van der Waals surface area contributed by atoms with Crippen LogP contribution in [-0.4, -0.2) is 10.4 Å². The van der Waals surface area contributed by atoms with Crippen molar-refractivity contribution in [3.05, 3.63) is 108 Å². The number of benzene rings is 3. The Labute approximate surface area is 184 Å². The third-order valence-corrected chi connectivity index (χ3v) is 6.35. The monoisotopic (exact) mass is 405 g/mol. The topological polar surface area (TPSA) is 22.0 Å². The molecule has 1 atom stereocenters. The summed E-state index contributed by atoms with van der Waals surface area (Å²) in [7, 11) is 0. The molecule has 0 radical (unpaired) electrons. The van der Waals surface area contributed by atoms with Gasteiger partial charge >= 0.3 is 0 Å². The van der Waals surface area contributed by atoms with Gasteiger partial charge in [-0.25, -0.2) is 0 Å². The number of nitrogens with zero attached hydrogens (tertiary/aromatic N) is 1. The molecule has 0 bridgehead atoms. The smallest absolute Gasteiger partial charge is 0.155 e. The average Bonchev–Trinajstić information content (AvgIpc) is 3.42. The van der Waals surface area contributed by atoms with Gasteiger partial charge in [0.05, 0.1) is 11.7 Å². The highest BCUT2D eigenvalue weighted by molar-refractivity contribution is 5.89. The van der Waals surface area contributed by atoms with E-state index in [1.165, 1.54) is 33.5 Å². The van der Waals surface area contributed by atoms with Crippen molar-refractivity contribution in [1.29, 1.82) is 0 Å². The predicted molar refractivity (Wildman–Crippen MR) is 127 cm³/mol. The molecule has 0 aliphatic heterocycles. The van der Waals surface area contributed by atoms with Gasteiger partial charge in [0.25, 0.3) is 0 Å². The molecule has 0 spiro atoms. The summed E-state index contributed by atoms with van der Waals surface area (Å²) in [6.07, 6.45) is 6.80. The van der Waals surface area contributed by atoms with Crippen LogP contribution in [0.1, 0.15) is 36.4 Å². The Balaban J connectivity index is 1.68. The normalized spacial score (nSPS) is 16.0. The summed E-state index contributed by atoms with van der Waals surface area (Å²) in [6, 6.07) is 31.8. The molecule has 0 amide bonds. The third kappa shape index (κ3) is 3.98. The van der Waals surface area contributed by atoms with Crippen LogP contribution in [0.2, 0.25) is 0 Å². The maximum absolute atomic E-state index is 12.8. The molecule has 5 rings (SSSR count). The molecule has 1 unspecified atom stereocenters. The van der Waals surface area contributed by atoms with Crippen LogP contribution in [0.25, 0.3) is 22.4 Å². The van der Waals surface area contributed by atoms with E-state index in [1.54, 1.807) is 0 Å². The fraction of sp³-hybridized carbons (Fsp3) is 0.207. The van der Waals surface area contributed by atoms with Gasteiger partial charge in [-0.2, -0.15) is 0 Å². The first-order valence-electron chi connectivity index (χ1n) is 11.2. The number of rotatable bonds is 6. The second-order valence-electron chi connectivity index (χ2n) is 8.38. The van der Waals surface area contributed by atoms with Crippen molar-refractivity contribution >= 4 is 5.78 Å². The zero-order chi connectivity index (χ0) is 21.0. The Kier molecular flexibility index (Phi) is 5.54. The lowest BCUT2D eigenvalue weighted by molar-refractivity contribution is -0.120. The molecule has 4 aromatic rings. The number of Topliss-reactive ketones (excluding diaryl/α,β-unsaturated/α-hetero) is 1. The van der Waals surface area contributed by atoms with Crippen LogP contribution in [-0.2, 0) is 17.6 Å². The quantitative estimate of drug-likeness (QED) is 0.342. The number of hydrogen-bond donors (Lipinski definition) is 0. The molecule has 2 nitrogen and oxygen atoms in total. The highest BCUT2D eigenvalue weighted by Crippen LogP contribution is 2.41. The molecule has 31 heavy (non-hydrogen) atoms. The number of carbonyl (C=O) groups is 1. The highest BCUT2D eigenvalue weighted by atomic mass is 16.1. The summed E-state index contributed by atoms with van der Waals surface area (Å²) < 4.78 is 2.29. The maximum Gasteiger partial charge on any atom is 0.155 e. The number of ketones is 1. The Morgan fingerprint density at radius 1 is 0.742 bits per heavy atom. The average molecular weight is 406 g/mol. The fourth-order valence-corrected chi connectivity index (χ4v) is 4.85. The first kappa shape index (κ1) is 19.6. The Bertz CT molecular complexity index is 1160. The zero-order valence-electron chi connectivity index (χ0n) is 17.7. The van der Waals surface area contributed by atoms with Crippen molar-refractivity contribution in [1.82, 2.24) is 4.57 Å². The largest absolute Gasteiger partial charge is 0.336 e. The van der Waals surface area contributed by atoms with E-state index in [9.17, 15) is 4.79 Å². The van der Waals surface area contributed by atoms with Crippen LogP contribution in [0.5, 0.6) is 0 Å². The summed E-state index contributed by atoms with van der Waals surface area (Å²) in [5.41, 5.74) is 7.49. The minimum absolute atomic E-state index is 0.0526. The zero-order valence-corrected chi connectivity index (χ0v) is 17.7. The van der Waals surface area contributed by atoms with Crippen LogP contribution in [0.4, 0.5) is 0 Å². The maximum atomic E-state index is 12.8. The van der Waals surface area contributed by atoms with Crippen molar-refractivity contribution in [2.45, 2.75) is 38.1 Å². The minimum Gasteiger partial charge on any atom is -0.336 e. The predicted octanol–water partition coefficient (Wildman–Crippen LogP) is 6.90. The van der Waals surface area contributed by atoms with Gasteiger partial charge in [0.1, 0.15) is 0 Å². The third-order valence-electron chi connectivity index (χ3n) is 6.35. The summed E-state index contributed by atoms with van der Waals surface area (Å²) in [5, 5.41) is 0. The summed E-state index contributed by atoms with van der Waals surface area (Å²) in [6.45, 7) is 0. The van der Waals surface area contributed by atoms with Crippen LogP contribution >= 0.6 is 0 Å². The van der Waals surface area contributed by atoms with Gasteiger partial charge in [-0.05, 0) is 47.9 Å². The van der Waals surface area contributed by atoms with Gasteiger partial charge in [-0.15, -0.1) is 0 Å². The molecule has 3 aromatic carbocycles. The van der Waals surface area contributed by atoms with Crippen LogP contribution in [0.3, 0.4) is 0 Å². The fourth-order valence-electron chi connectivity index (χ4n) is 4.85. The van der Waals surface area contributed by atoms with Gasteiger partial charge in [0.15, 0.2) is 5.78 Å². The van der Waals surface area contributed by atoms with Crippen molar-refractivity contribution < 1.29 is 4.79 Å². The minimum atomic E-state index is -0.0526. The highest BCUT2D eigenvalue weighted by Gasteiger charge is 2.30. The summed E-state index contributed by atoms with van der Waals surface area (Å²) >= 11 is 0. The Morgan fingerprint density at radius 2 is 1.35 bits per heavy atom. The van der Waals surface area contributed by atoms with E-state index < -0.39 is 0 Å². The molecule has 2 heteroatoms. The van der Waals surface area contributed by atoms with Gasteiger partial charge < -0.3 is 4.57 Å². The molecule has 0 saturated heterocycles. The first-order valence-corrected chi connectivity index (χ1v) is 11.2. The molecular formula is C29H27NO. The van der Waals surface area contributed by atoms with Crippen molar-refractivity contribution in [2.24, 2.45) is 0 Å². The van der Waals surface area contributed by atoms with Crippen molar-refractivity contribution in [3.8, 4) is 22.4 Å². The van der Waals surface area contributed by atoms with Gasteiger partial charge in [-0.3, -0.25) is 4.79 Å². The van der Waals surface area contributed by atoms with E-state index in [-0.39, 0.29) is 6.04 Å². The SMILES string of the molecule is O=C1CCCC1n1cc(CCc2ccccc2)c(-c2ccccc2)c1-c1ccccc1. The molecule has 1 fully saturated rings. The van der Waals surface area contributed by atoms with E-state index in [4.69, 9.17) is 0 Å². The standard InChI is InChI=1S/C29H27NO/c31-27-18-10-17-26(27)30-21-25(20-19-22-11-4-1-5-12-22)28(23-13-6-2-7-14-23)29(30)24-15-8-3-9-16-24/h1-9,11-16,21,26H,10,17-20H2. The molecule has 1 aliphatic rings. The lowest BCUT2D eigenvalue weighted by Gasteiger charge is -2.17. The van der Waals surface area contributed by atoms with Crippen LogP contribution in [0, 0.1) is 0 Å². The lowest BCUT2D eigenvalue weighted by atomic mass is 9.94. The number of aryl methyl sites for hydroxylation is 2. The first-order chi connectivity index (χ1) is 15.3. The number of carbonyl (C=O) groups excluding carboxylic acids is 1. The summed E-state index contributed by atoms with van der Waals surface area (Å²) in [5.74, 6) is 0.362.